The van der Waals surface area contributed by atoms with E-state index >= 15 is 0 Å². The second-order valence-corrected chi connectivity index (χ2v) is 6.12. The molecule has 0 unspecified atom stereocenters. The van der Waals surface area contributed by atoms with E-state index in [-0.39, 0.29) is 5.56 Å². The summed E-state index contributed by atoms with van der Waals surface area (Å²) in [6, 6.07) is 8.55. The van der Waals surface area contributed by atoms with Crippen molar-refractivity contribution in [2.75, 3.05) is 0 Å². The molecule has 0 aliphatic rings. The van der Waals surface area contributed by atoms with Crippen molar-refractivity contribution >= 4 is 28.8 Å². The summed E-state index contributed by atoms with van der Waals surface area (Å²) in [5, 5.41) is 9.21. The molecule has 3 aromatic heterocycles. The molecule has 4 aromatic rings. The van der Waals surface area contributed by atoms with Gasteiger partial charge in [0.1, 0.15) is 5.65 Å². The number of nitrogens with one attached hydrogen (secondary N) is 1. The van der Waals surface area contributed by atoms with Gasteiger partial charge in [-0.05, 0) is 23.8 Å². The number of fused-ring (bicyclic) bond motifs is 1. The van der Waals surface area contributed by atoms with Crippen LogP contribution in [-0.4, -0.2) is 24.4 Å². The first-order chi connectivity index (χ1) is 11.5. The van der Waals surface area contributed by atoms with E-state index in [1.165, 1.54) is 10.6 Å². The monoisotopic (exact) mass is 359 g/mol. The second kappa shape index (κ2) is 5.51. The van der Waals surface area contributed by atoms with Gasteiger partial charge in [-0.1, -0.05) is 29.3 Å². The van der Waals surface area contributed by atoms with Crippen molar-refractivity contribution in [1.82, 2.24) is 24.4 Å². The molecule has 0 radical (unpaired) electrons. The Kier molecular flexibility index (Phi) is 3.44. The molecule has 1 aromatic carbocycles. The first kappa shape index (κ1) is 15.0. The molecule has 120 valence electrons. The molecule has 8 heteroatoms. The zero-order valence-corrected chi connectivity index (χ0v) is 14.0. The van der Waals surface area contributed by atoms with Crippen molar-refractivity contribution in [3.63, 3.8) is 0 Å². The first-order valence-corrected chi connectivity index (χ1v) is 7.85. The average molecular weight is 360 g/mol. The Bertz CT molecular complexity index is 1130. The lowest BCUT2D eigenvalue weighted by atomic mass is 10.1. The van der Waals surface area contributed by atoms with Crippen LogP contribution in [-0.2, 0) is 7.05 Å². The Morgan fingerprint density at radius 3 is 2.62 bits per heavy atom. The molecule has 0 saturated carbocycles. The van der Waals surface area contributed by atoms with Crippen molar-refractivity contribution in [3.05, 3.63) is 63.1 Å². The second-order valence-electron chi connectivity index (χ2n) is 5.31. The normalized spacial score (nSPS) is 11.3. The third-order valence-electron chi connectivity index (χ3n) is 3.83. The lowest BCUT2D eigenvalue weighted by Gasteiger charge is -2.06. The van der Waals surface area contributed by atoms with Gasteiger partial charge < -0.3 is 4.98 Å². The molecule has 6 nitrogen and oxygen atoms in total. The fourth-order valence-electron chi connectivity index (χ4n) is 2.63. The van der Waals surface area contributed by atoms with Crippen molar-refractivity contribution in [2.45, 2.75) is 0 Å². The van der Waals surface area contributed by atoms with Crippen molar-refractivity contribution in [3.8, 4) is 22.5 Å². The minimum Gasteiger partial charge on any atom is -0.339 e. The van der Waals surface area contributed by atoms with Gasteiger partial charge in [-0.2, -0.15) is 14.7 Å². The van der Waals surface area contributed by atoms with Gasteiger partial charge >= 0.3 is 0 Å². The quantitative estimate of drug-likeness (QED) is 0.596. The van der Waals surface area contributed by atoms with Crippen LogP contribution < -0.4 is 5.56 Å². The number of H-pyrrole nitrogens is 1. The molecule has 0 amide bonds. The van der Waals surface area contributed by atoms with Crippen LogP contribution in [0.15, 0.2) is 47.5 Å². The summed E-state index contributed by atoms with van der Waals surface area (Å²) in [4.78, 5) is 15.6. The molecule has 3 heterocycles. The van der Waals surface area contributed by atoms with E-state index in [0.29, 0.717) is 21.4 Å². The number of aryl methyl sites for hydroxylation is 1. The highest BCUT2D eigenvalue weighted by Crippen LogP contribution is 2.28. The third-order valence-corrected chi connectivity index (χ3v) is 4.57. The number of halogens is 2. The summed E-state index contributed by atoms with van der Waals surface area (Å²) < 4.78 is 3.05. The van der Waals surface area contributed by atoms with E-state index in [4.69, 9.17) is 23.2 Å². The molecule has 0 saturated heterocycles. The number of aromatic nitrogens is 5. The third kappa shape index (κ3) is 2.31. The predicted octanol–water partition coefficient (Wildman–Crippen LogP) is 3.40. The standard InChI is InChI=1S/C16H11Cl2N5O/c1-22-14(4-5-19-22)10-8-20-23-15(24)7-13(21-16(10)23)9-2-3-11(17)12(18)6-9/h2-8,21H,1H3. The Morgan fingerprint density at radius 1 is 1.08 bits per heavy atom. The SMILES string of the molecule is Cn1nccc1-c1cnn2c(=O)cc(-c3ccc(Cl)c(Cl)c3)[nH]c12. The molecule has 4 rings (SSSR count). The summed E-state index contributed by atoms with van der Waals surface area (Å²) in [7, 11) is 1.83. The number of benzene rings is 1. The van der Waals surface area contributed by atoms with E-state index < -0.39 is 0 Å². The Morgan fingerprint density at radius 2 is 1.92 bits per heavy atom. The number of aromatic amines is 1. The molecular formula is C16H11Cl2N5O. The van der Waals surface area contributed by atoms with Crippen molar-refractivity contribution < 1.29 is 0 Å². The molecule has 1 N–H and O–H groups in total. The minimum atomic E-state index is -0.238. The first-order valence-electron chi connectivity index (χ1n) is 7.09. The predicted molar refractivity (Wildman–Crippen MR) is 93.5 cm³/mol. The average Bonchev–Trinajstić information content (AvgIpc) is 3.16. The molecular weight excluding hydrogens is 349 g/mol. The van der Waals surface area contributed by atoms with Gasteiger partial charge in [0.25, 0.3) is 5.56 Å². The van der Waals surface area contributed by atoms with E-state index in [1.807, 2.05) is 13.1 Å². The Hall–Kier alpha value is -2.57. The van der Waals surface area contributed by atoms with Crippen LogP contribution in [0.25, 0.3) is 28.2 Å². The summed E-state index contributed by atoms with van der Waals surface area (Å²) >= 11 is 12.0. The maximum Gasteiger partial charge on any atom is 0.274 e. The maximum atomic E-state index is 12.4. The van der Waals surface area contributed by atoms with Crippen LogP contribution in [0.5, 0.6) is 0 Å². The van der Waals surface area contributed by atoms with Crippen LogP contribution in [0.3, 0.4) is 0 Å². The Balaban J connectivity index is 1.97. The van der Waals surface area contributed by atoms with Gasteiger partial charge in [-0.3, -0.25) is 9.48 Å². The number of hydrogen-bond acceptors (Lipinski definition) is 3. The van der Waals surface area contributed by atoms with Crippen LogP contribution in [0, 0.1) is 0 Å². The van der Waals surface area contributed by atoms with Gasteiger partial charge in [0.2, 0.25) is 0 Å². The summed E-state index contributed by atoms with van der Waals surface area (Å²) in [6.07, 6.45) is 3.34. The molecule has 0 spiro atoms. The van der Waals surface area contributed by atoms with E-state index in [9.17, 15) is 4.79 Å². The van der Waals surface area contributed by atoms with Gasteiger partial charge in [0.15, 0.2) is 0 Å². The van der Waals surface area contributed by atoms with Crippen LogP contribution in [0.4, 0.5) is 0 Å². The smallest absolute Gasteiger partial charge is 0.274 e. The van der Waals surface area contributed by atoms with Crippen molar-refractivity contribution in [1.29, 1.82) is 0 Å². The maximum absolute atomic E-state index is 12.4. The zero-order valence-electron chi connectivity index (χ0n) is 12.5. The van der Waals surface area contributed by atoms with E-state index in [0.717, 1.165) is 16.8 Å². The van der Waals surface area contributed by atoms with Gasteiger partial charge in [-0.15, -0.1) is 0 Å². The lowest BCUT2D eigenvalue weighted by Crippen LogP contribution is -2.14. The molecule has 0 aliphatic heterocycles. The highest BCUT2D eigenvalue weighted by Gasteiger charge is 2.14. The number of rotatable bonds is 2. The minimum absolute atomic E-state index is 0.238. The highest BCUT2D eigenvalue weighted by molar-refractivity contribution is 6.42. The largest absolute Gasteiger partial charge is 0.339 e. The summed E-state index contributed by atoms with van der Waals surface area (Å²) in [6.45, 7) is 0. The molecule has 0 aliphatic carbocycles. The molecule has 0 atom stereocenters. The lowest BCUT2D eigenvalue weighted by molar-refractivity contribution is 0.776. The van der Waals surface area contributed by atoms with Crippen LogP contribution in [0.2, 0.25) is 10.0 Å². The topological polar surface area (TPSA) is 68.0 Å². The van der Waals surface area contributed by atoms with E-state index in [2.05, 4.69) is 15.2 Å². The molecule has 24 heavy (non-hydrogen) atoms. The van der Waals surface area contributed by atoms with Gasteiger partial charge in [0, 0.05) is 19.3 Å². The number of nitrogens with zero attached hydrogens (tertiary/aromatic N) is 4. The van der Waals surface area contributed by atoms with Gasteiger partial charge in [0.05, 0.1) is 33.2 Å². The molecule has 0 bridgehead atoms. The Labute approximate surface area is 146 Å². The van der Waals surface area contributed by atoms with Crippen LogP contribution >= 0.6 is 23.2 Å². The van der Waals surface area contributed by atoms with E-state index in [1.54, 1.807) is 35.3 Å². The van der Waals surface area contributed by atoms with Crippen molar-refractivity contribution in [2.24, 2.45) is 7.05 Å². The fourth-order valence-corrected chi connectivity index (χ4v) is 2.93. The fraction of sp³-hybridized carbons (Fsp3) is 0.0625. The highest BCUT2D eigenvalue weighted by atomic mass is 35.5. The zero-order chi connectivity index (χ0) is 16.8. The summed E-state index contributed by atoms with van der Waals surface area (Å²) in [5.41, 5.74) is 3.39. The van der Waals surface area contributed by atoms with Gasteiger partial charge in [-0.25, -0.2) is 0 Å². The van der Waals surface area contributed by atoms with Crippen LogP contribution in [0.1, 0.15) is 0 Å². The summed E-state index contributed by atoms with van der Waals surface area (Å²) in [5.74, 6) is 0. The molecule has 0 fully saturated rings. The number of hydrogen-bond donors (Lipinski definition) is 1.